The van der Waals surface area contributed by atoms with Crippen molar-refractivity contribution >= 4 is 6.16 Å². The first-order chi connectivity index (χ1) is 1.73. The van der Waals surface area contributed by atoms with Crippen LogP contribution in [0, 0.1) is 0 Å². The second-order valence-electron chi connectivity index (χ2n) is 0.250. The number of rotatable bonds is 0. The van der Waals surface area contributed by atoms with E-state index in [4.69, 9.17) is 15.0 Å². The van der Waals surface area contributed by atoms with Crippen LogP contribution in [0.3, 0.4) is 0 Å². The van der Waals surface area contributed by atoms with Crippen LogP contribution in [0.1, 0.15) is 0 Å². The van der Waals surface area contributed by atoms with Crippen LogP contribution in [-0.2, 0) is 26.2 Å². The molecule has 0 spiro atoms. The Labute approximate surface area is 102 Å². The maximum Gasteiger partial charge on any atom is 4.00 e. The molecule has 0 saturated heterocycles. The molecule has 0 amide bonds. The van der Waals surface area contributed by atoms with Gasteiger partial charge in [-0.05, 0) is 6.16 Å². The summed E-state index contributed by atoms with van der Waals surface area (Å²) in [5.74, 6) is 0. The van der Waals surface area contributed by atoms with Crippen LogP contribution in [0.15, 0.2) is 0 Å². The molecule has 0 fully saturated rings. The van der Waals surface area contributed by atoms with Crippen molar-refractivity contribution in [2.75, 3.05) is 0 Å². The van der Waals surface area contributed by atoms with E-state index >= 15 is 0 Å². The van der Waals surface area contributed by atoms with Crippen molar-refractivity contribution in [3.8, 4) is 0 Å². The van der Waals surface area contributed by atoms with Gasteiger partial charge in [0.05, 0.1) is 0 Å². The van der Waals surface area contributed by atoms with E-state index in [1.165, 1.54) is 0 Å². The van der Waals surface area contributed by atoms with E-state index in [-0.39, 0.29) is 83.1 Å². The van der Waals surface area contributed by atoms with Crippen molar-refractivity contribution in [1.82, 2.24) is 0 Å². The minimum absolute atomic E-state index is 0. The van der Waals surface area contributed by atoms with Crippen LogP contribution in [0.5, 0.6) is 0 Å². The molecule has 0 saturated carbocycles. The molecule has 1 N–H and O–H groups in total. The molecule has 0 heterocycles. The van der Waals surface area contributed by atoms with Crippen molar-refractivity contribution in [1.29, 1.82) is 0 Å². The summed E-state index contributed by atoms with van der Waals surface area (Å²) < 4.78 is 0. The minimum Gasteiger partial charge on any atom is -0.870 e. The quantitative estimate of drug-likeness (QED) is 0.370. The van der Waals surface area contributed by atoms with Gasteiger partial charge in [0.15, 0.2) is 0 Å². The van der Waals surface area contributed by atoms with Gasteiger partial charge in [0.25, 0.3) is 0 Å². The number of carbonyl (C=O) groups excluding carboxylic acids is 1. The minimum atomic E-state index is -2.33. The van der Waals surface area contributed by atoms with Crippen LogP contribution >= 0.6 is 0 Å². The summed E-state index contributed by atoms with van der Waals surface area (Å²) in [5, 5.41) is 16.7. The Balaban J connectivity index is -0.0000000150. The molecule has 4 nitrogen and oxygen atoms in total. The van der Waals surface area contributed by atoms with Gasteiger partial charge in [-0.2, -0.15) is 0 Å². The molecule has 0 bridgehead atoms. The van der Waals surface area contributed by atoms with E-state index in [1.807, 2.05) is 0 Å². The molecular weight excluding hydrogens is 206 g/mol. The van der Waals surface area contributed by atoms with Crippen LogP contribution in [0.4, 0.5) is 4.79 Å². The predicted molar refractivity (Wildman–Crippen MR) is 7.33 cm³/mol. The van der Waals surface area contributed by atoms with E-state index in [0.717, 1.165) is 0 Å². The van der Waals surface area contributed by atoms with Crippen molar-refractivity contribution < 1.29 is 98.1 Å². The monoisotopic (exact) mass is 206 g/mol. The maximum atomic E-state index is 8.33. The topological polar surface area (TPSA) is 93.2 Å². The zero-order valence-corrected chi connectivity index (χ0v) is 9.25. The molecule has 0 aliphatic heterocycles. The van der Waals surface area contributed by atoms with E-state index in [2.05, 4.69) is 0 Å². The zero-order chi connectivity index (χ0) is 3.58. The fourth-order valence-corrected chi connectivity index (χ4v) is 0. The number of hydrogen-bond donors (Lipinski definition) is 0. The van der Waals surface area contributed by atoms with E-state index in [1.54, 1.807) is 0 Å². The van der Waals surface area contributed by atoms with Gasteiger partial charge >= 0.3 is 77.6 Å². The van der Waals surface area contributed by atoms with Gasteiger partial charge in [-0.25, -0.2) is 0 Å². The normalized spacial score (nSPS) is 3.43. The molecule has 0 aromatic rings. The van der Waals surface area contributed by atoms with Gasteiger partial charge in [0.2, 0.25) is 0 Å². The Bertz CT molecular complexity index is 34.7. The second kappa shape index (κ2) is 15.7. The Morgan fingerprint density at radius 2 is 1.29 bits per heavy atom. The van der Waals surface area contributed by atoms with Crippen LogP contribution in [-0.4, -0.2) is 11.6 Å². The van der Waals surface area contributed by atoms with Crippen molar-refractivity contribution in [3.63, 3.8) is 0 Å². The first-order valence-corrected chi connectivity index (χ1v) is 0.612. The summed E-state index contributed by atoms with van der Waals surface area (Å²) in [6, 6.07) is 0. The molecule has 6 heteroatoms. The molecule has 32 valence electrons. The molecular formula is CHKO4Zr+2. The summed E-state index contributed by atoms with van der Waals surface area (Å²) in [6.07, 6.45) is -2.33. The maximum absolute atomic E-state index is 8.33. The molecule has 0 aliphatic carbocycles. The third-order valence-corrected chi connectivity index (χ3v) is 0. The van der Waals surface area contributed by atoms with Gasteiger partial charge in [0, 0.05) is 0 Å². The van der Waals surface area contributed by atoms with Crippen molar-refractivity contribution in [2.45, 2.75) is 0 Å². The first kappa shape index (κ1) is 23.3. The Hall–Kier alpha value is 1.75. The van der Waals surface area contributed by atoms with Gasteiger partial charge in [-0.1, -0.05) is 0 Å². The number of carbonyl (C=O) groups is 1. The van der Waals surface area contributed by atoms with Gasteiger partial charge in [-0.15, -0.1) is 0 Å². The zero-order valence-electron chi connectivity index (χ0n) is 3.67. The molecule has 0 atom stereocenters. The first-order valence-electron chi connectivity index (χ1n) is 0.612. The third kappa shape index (κ3) is 83.7. The Morgan fingerprint density at radius 1 is 1.29 bits per heavy atom. The smallest absolute Gasteiger partial charge is 0.870 e. The van der Waals surface area contributed by atoms with Crippen LogP contribution in [0.25, 0.3) is 0 Å². The third-order valence-electron chi connectivity index (χ3n) is 0. The fraction of sp³-hybridized carbons (Fsp3) is 0. The Kier molecular flexibility index (Phi) is 52.1. The standard InChI is InChI=1S/CH2O3.K.H2O.Zr/c2-1(3)4;;;/h(H2,2,3,4);;1H2;/q;+1;;+4/p-3. The Morgan fingerprint density at radius 3 is 1.29 bits per heavy atom. The van der Waals surface area contributed by atoms with Gasteiger partial charge < -0.3 is 20.5 Å². The second-order valence-corrected chi connectivity index (χ2v) is 0.250. The van der Waals surface area contributed by atoms with E-state index in [0.29, 0.717) is 0 Å². The summed E-state index contributed by atoms with van der Waals surface area (Å²) in [7, 11) is 0. The molecule has 0 aliphatic rings. The average Bonchev–Trinajstić information content (AvgIpc) is 0.811. The summed E-state index contributed by atoms with van der Waals surface area (Å²) in [6.45, 7) is 0. The SMILES string of the molecule is O=C([O-])[O-].[K+].[OH-].[Zr+4]. The molecule has 0 aromatic carbocycles. The molecule has 0 rings (SSSR count). The molecule has 0 radical (unpaired) electrons. The molecule has 7 heavy (non-hydrogen) atoms. The van der Waals surface area contributed by atoms with Crippen molar-refractivity contribution in [2.24, 2.45) is 0 Å². The molecule has 0 aromatic heterocycles. The fourth-order valence-electron chi connectivity index (χ4n) is 0. The average molecular weight is 207 g/mol. The summed E-state index contributed by atoms with van der Waals surface area (Å²) in [4.78, 5) is 8.33. The van der Waals surface area contributed by atoms with Crippen molar-refractivity contribution in [3.05, 3.63) is 0 Å². The van der Waals surface area contributed by atoms with E-state index < -0.39 is 6.16 Å². The summed E-state index contributed by atoms with van der Waals surface area (Å²) in [5.41, 5.74) is 0. The van der Waals surface area contributed by atoms with Crippen LogP contribution in [0.2, 0.25) is 0 Å². The van der Waals surface area contributed by atoms with E-state index in [9.17, 15) is 0 Å². The predicted octanol–water partition coefficient (Wildman–Crippen LogP) is -5.62. The largest absolute Gasteiger partial charge is 4.00 e. The van der Waals surface area contributed by atoms with Gasteiger partial charge in [-0.3, -0.25) is 0 Å². The van der Waals surface area contributed by atoms with Crippen LogP contribution < -0.4 is 61.6 Å². The van der Waals surface area contributed by atoms with Gasteiger partial charge in [0.1, 0.15) is 0 Å². The summed E-state index contributed by atoms with van der Waals surface area (Å²) >= 11 is 0. The molecule has 0 unspecified atom stereocenters. The number of hydrogen-bond acceptors (Lipinski definition) is 4. The number of carboxylic acid groups (broad SMARTS) is 2.